The molecule has 0 saturated carbocycles. The monoisotopic (exact) mass is 233 g/mol. The Morgan fingerprint density at radius 3 is 2.40 bits per heavy atom. The standard InChI is InChI=1S/C9H15NO4S/c1-2-3-8(9(11)12)10-4-6-15(13,14)7-5-10/h2,8H,1,3-7H2,(H,11,12). The van der Waals surface area contributed by atoms with E-state index in [2.05, 4.69) is 6.58 Å². The van der Waals surface area contributed by atoms with E-state index in [9.17, 15) is 13.2 Å². The lowest BCUT2D eigenvalue weighted by atomic mass is 10.1. The largest absolute Gasteiger partial charge is 0.480 e. The SMILES string of the molecule is C=CCC(C(=O)O)N1CCS(=O)(=O)CC1. The molecule has 15 heavy (non-hydrogen) atoms. The molecule has 1 aliphatic rings. The summed E-state index contributed by atoms with van der Waals surface area (Å²) in [7, 11) is -2.95. The molecule has 1 rings (SSSR count). The van der Waals surface area contributed by atoms with Crippen LogP contribution >= 0.6 is 0 Å². The molecule has 1 unspecified atom stereocenters. The van der Waals surface area contributed by atoms with Crippen molar-refractivity contribution < 1.29 is 18.3 Å². The maximum Gasteiger partial charge on any atom is 0.321 e. The van der Waals surface area contributed by atoms with Crippen molar-refractivity contribution in [1.82, 2.24) is 4.90 Å². The summed E-state index contributed by atoms with van der Waals surface area (Å²) in [5, 5.41) is 8.95. The maximum absolute atomic E-state index is 11.2. The fourth-order valence-corrected chi connectivity index (χ4v) is 2.83. The Labute approximate surface area is 89.3 Å². The highest BCUT2D eigenvalue weighted by molar-refractivity contribution is 7.91. The Kier molecular flexibility index (Phi) is 3.87. The van der Waals surface area contributed by atoms with Gasteiger partial charge in [0.05, 0.1) is 11.5 Å². The molecule has 1 saturated heterocycles. The van der Waals surface area contributed by atoms with E-state index in [0.29, 0.717) is 19.5 Å². The van der Waals surface area contributed by atoms with E-state index in [4.69, 9.17) is 5.11 Å². The van der Waals surface area contributed by atoms with Gasteiger partial charge in [-0.2, -0.15) is 0 Å². The van der Waals surface area contributed by atoms with Crippen LogP contribution in [0.2, 0.25) is 0 Å². The fourth-order valence-electron chi connectivity index (χ4n) is 1.60. The van der Waals surface area contributed by atoms with Crippen molar-refractivity contribution in [2.24, 2.45) is 0 Å². The second kappa shape index (κ2) is 4.76. The lowest BCUT2D eigenvalue weighted by molar-refractivity contribution is -0.143. The molecule has 6 heteroatoms. The van der Waals surface area contributed by atoms with Crippen LogP contribution in [0, 0.1) is 0 Å². The van der Waals surface area contributed by atoms with E-state index < -0.39 is 21.8 Å². The van der Waals surface area contributed by atoms with Gasteiger partial charge in [-0.25, -0.2) is 8.42 Å². The molecule has 0 bridgehead atoms. The summed E-state index contributed by atoms with van der Waals surface area (Å²) in [5.41, 5.74) is 0. The highest BCUT2D eigenvalue weighted by atomic mass is 32.2. The van der Waals surface area contributed by atoms with Crippen molar-refractivity contribution in [2.45, 2.75) is 12.5 Å². The van der Waals surface area contributed by atoms with Crippen LogP contribution in [-0.2, 0) is 14.6 Å². The average molecular weight is 233 g/mol. The van der Waals surface area contributed by atoms with Gasteiger partial charge in [0, 0.05) is 13.1 Å². The number of nitrogens with zero attached hydrogens (tertiary/aromatic N) is 1. The molecule has 5 nitrogen and oxygen atoms in total. The van der Waals surface area contributed by atoms with Crippen LogP contribution in [0.3, 0.4) is 0 Å². The molecule has 0 spiro atoms. The van der Waals surface area contributed by atoms with Crippen LogP contribution in [0.25, 0.3) is 0 Å². The Morgan fingerprint density at radius 2 is 2.00 bits per heavy atom. The van der Waals surface area contributed by atoms with Gasteiger partial charge in [-0.1, -0.05) is 6.08 Å². The molecule has 86 valence electrons. The van der Waals surface area contributed by atoms with Crippen LogP contribution in [-0.4, -0.2) is 55.0 Å². The van der Waals surface area contributed by atoms with Gasteiger partial charge < -0.3 is 5.11 Å². The first-order chi connectivity index (χ1) is 6.96. The zero-order chi connectivity index (χ0) is 11.5. The van der Waals surface area contributed by atoms with Gasteiger partial charge in [-0.15, -0.1) is 6.58 Å². The molecular formula is C9H15NO4S. The molecule has 1 heterocycles. The van der Waals surface area contributed by atoms with Crippen LogP contribution in [0.4, 0.5) is 0 Å². The maximum atomic E-state index is 11.2. The predicted octanol–water partition coefficient (Wildman–Crippen LogP) is -0.254. The van der Waals surface area contributed by atoms with Crippen molar-refractivity contribution in [1.29, 1.82) is 0 Å². The lowest BCUT2D eigenvalue weighted by Gasteiger charge is -2.31. The van der Waals surface area contributed by atoms with E-state index in [1.165, 1.54) is 0 Å². The van der Waals surface area contributed by atoms with E-state index >= 15 is 0 Å². The molecule has 0 aliphatic carbocycles. The first kappa shape index (κ1) is 12.2. The second-order valence-electron chi connectivity index (χ2n) is 3.57. The fraction of sp³-hybridized carbons (Fsp3) is 0.667. The highest BCUT2D eigenvalue weighted by Gasteiger charge is 2.30. The Morgan fingerprint density at radius 1 is 1.47 bits per heavy atom. The van der Waals surface area contributed by atoms with Gasteiger partial charge in [-0.3, -0.25) is 9.69 Å². The van der Waals surface area contributed by atoms with E-state index in [1.54, 1.807) is 11.0 Å². The number of sulfone groups is 1. The molecule has 1 aliphatic heterocycles. The molecule has 0 radical (unpaired) electrons. The van der Waals surface area contributed by atoms with Gasteiger partial charge in [0.25, 0.3) is 0 Å². The summed E-state index contributed by atoms with van der Waals surface area (Å²) in [4.78, 5) is 12.6. The number of carboxylic acids is 1. The minimum Gasteiger partial charge on any atom is -0.480 e. The molecule has 0 aromatic carbocycles. The molecule has 0 aromatic heterocycles. The lowest BCUT2D eigenvalue weighted by Crippen LogP contribution is -2.49. The number of carbonyl (C=O) groups is 1. The molecule has 1 fully saturated rings. The Bertz CT molecular complexity index is 335. The number of rotatable bonds is 4. The zero-order valence-electron chi connectivity index (χ0n) is 8.42. The average Bonchev–Trinajstić information content (AvgIpc) is 2.14. The summed E-state index contributed by atoms with van der Waals surface area (Å²) in [5.74, 6) is -0.823. The third-order valence-electron chi connectivity index (χ3n) is 2.49. The van der Waals surface area contributed by atoms with Gasteiger partial charge in [-0.05, 0) is 6.42 Å². The number of aliphatic carboxylic acids is 1. The van der Waals surface area contributed by atoms with Gasteiger partial charge >= 0.3 is 5.97 Å². The first-order valence-corrected chi connectivity index (χ1v) is 6.56. The highest BCUT2D eigenvalue weighted by Crippen LogP contribution is 2.11. The Hall–Kier alpha value is -0.880. The normalized spacial score (nSPS) is 23.2. The van der Waals surface area contributed by atoms with Crippen molar-refractivity contribution in [3.8, 4) is 0 Å². The summed E-state index contributed by atoms with van der Waals surface area (Å²) in [6, 6.07) is -0.641. The van der Waals surface area contributed by atoms with E-state index in [-0.39, 0.29) is 11.5 Å². The summed E-state index contributed by atoms with van der Waals surface area (Å²) in [6.45, 7) is 4.10. The third-order valence-corrected chi connectivity index (χ3v) is 4.10. The van der Waals surface area contributed by atoms with E-state index in [1.807, 2.05) is 0 Å². The van der Waals surface area contributed by atoms with Crippen LogP contribution in [0.15, 0.2) is 12.7 Å². The number of hydrogen-bond acceptors (Lipinski definition) is 4. The number of carboxylic acid groups (broad SMARTS) is 1. The van der Waals surface area contributed by atoms with Gasteiger partial charge in [0.1, 0.15) is 6.04 Å². The molecule has 1 N–H and O–H groups in total. The van der Waals surface area contributed by atoms with Gasteiger partial charge in [0.15, 0.2) is 9.84 Å². The molecule has 1 atom stereocenters. The first-order valence-electron chi connectivity index (χ1n) is 4.74. The zero-order valence-corrected chi connectivity index (χ0v) is 9.24. The minimum absolute atomic E-state index is 0.0495. The second-order valence-corrected chi connectivity index (χ2v) is 5.87. The van der Waals surface area contributed by atoms with Crippen LogP contribution < -0.4 is 0 Å². The van der Waals surface area contributed by atoms with Crippen molar-refractivity contribution in [3.63, 3.8) is 0 Å². The van der Waals surface area contributed by atoms with Crippen molar-refractivity contribution >= 4 is 15.8 Å². The van der Waals surface area contributed by atoms with Crippen LogP contribution in [0.1, 0.15) is 6.42 Å². The van der Waals surface area contributed by atoms with Crippen molar-refractivity contribution in [2.75, 3.05) is 24.6 Å². The summed E-state index contributed by atoms with van der Waals surface area (Å²) < 4.78 is 22.3. The number of hydrogen-bond donors (Lipinski definition) is 1. The molecular weight excluding hydrogens is 218 g/mol. The minimum atomic E-state index is -2.95. The van der Waals surface area contributed by atoms with Gasteiger partial charge in [0.2, 0.25) is 0 Å². The molecule has 0 amide bonds. The summed E-state index contributed by atoms with van der Waals surface area (Å²) >= 11 is 0. The Balaban J connectivity index is 2.64. The summed E-state index contributed by atoms with van der Waals surface area (Å²) in [6.07, 6.45) is 1.89. The quantitative estimate of drug-likeness (QED) is 0.677. The van der Waals surface area contributed by atoms with Crippen molar-refractivity contribution in [3.05, 3.63) is 12.7 Å². The van der Waals surface area contributed by atoms with Crippen LogP contribution in [0.5, 0.6) is 0 Å². The molecule has 0 aromatic rings. The van der Waals surface area contributed by atoms with E-state index in [0.717, 1.165) is 0 Å². The smallest absolute Gasteiger partial charge is 0.321 e. The topological polar surface area (TPSA) is 74.7 Å². The predicted molar refractivity (Wildman–Crippen MR) is 56.5 cm³/mol. The third kappa shape index (κ3) is 3.32.